The Balaban J connectivity index is 1.79. The molecule has 3 nitrogen and oxygen atoms in total. The van der Waals surface area contributed by atoms with E-state index >= 15 is 0 Å². The third-order valence-electron chi connectivity index (χ3n) is 3.81. The lowest BCUT2D eigenvalue weighted by atomic mass is 9.85. The average molecular weight is 236 g/mol. The highest BCUT2D eigenvalue weighted by Gasteiger charge is 2.28. The summed E-state index contributed by atoms with van der Waals surface area (Å²) in [5.41, 5.74) is 0.842. The minimum absolute atomic E-state index is 0.456. The van der Waals surface area contributed by atoms with Gasteiger partial charge in [0.1, 0.15) is 0 Å². The molecule has 0 unspecified atom stereocenters. The van der Waals surface area contributed by atoms with Crippen molar-refractivity contribution in [3.05, 3.63) is 24.0 Å². The first-order valence-corrected chi connectivity index (χ1v) is 6.81. The van der Waals surface area contributed by atoms with E-state index in [9.17, 15) is 5.11 Å². The molecule has 0 radical (unpaired) electrons. The van der Waals surface area contributed by atoms with Crippen LogP contribution in [0, 0.1) is 0 Å². The summed E-state index contributed by atoms with van der Waals surface area (Å²) in [7, 11) is 0. The van der Waals surface area contributed by atoms with Crippen LogP contribution < -0.4 is 5.32 Å². The van der Waals surface area contributed by atoms with Gasteiger partial charge in [-0.15, -0.1) is 0 Å². The summed E-state index contributed by atoms with van der Waals surface area (Å²) < 4.78 is 2.23. The fraction of sp³-hybridized carbons (Fsp3) is 0.714. The maximum absolute atomic E-state index is 10.4. The molecule has 1 heterocycles. The normalized spacial score (nSPS) is 19.4. The lowest BCUT2D eigenvalue weighted by Gasteiger charge is -2.32. The van der Waals surface area contributed by atoms with Gasteiger partial charge in [0.05, 0.1) is 5.60 Å². The Morgan fingerprint density at radius 1 is 1.35 bits per heavy atom. The molecule has 1 aromatic heterocycles. The molecular formula is C14H24N2O. The lowest BCUT2D eigenvalue weighted by molar-refractivity contribution is 0.00457. The van der Waals surface area contributed by atoms with Crippen LogP contribution in [-0.4, -0.2) is 21.8 Å². The van der Waals surface area contributed by atoms with Crippen molar-refractivity contribution in [2.24, 2.45) is 0 Å². The first-order valence-electron chi connectivity index (χ1n) is 6.81. The van der Waals surface area contributed by atoms with E-state index in [1.807, 2.05) is 0 Å². The fourth-order valence-corrected chi connectivity index (χ4v) is 2.73. The molecule has 0 bridgehead atoms. The Kier molecular flexibility index (Phi) is 4.24. The summed E-state index contributed by atoms with van der Waals surface area (Å²) in [6.45, 7) is 4.73. The van der Waals surface area contributed by atoms with Crippen LogP contribution >= 0.6 is 0 Å². The van der Waals surface area contributed by atoms with E-state index in [2.05, 4.69) is 35.1 Å². The average Bonchev–Trinajstić information content (AvgIpc) is 2.77. The zero-order valence-corrected chi connectivity index (χ0v) is 10.8. The number of nitrogens with one attached hydrogen (secondary N) is 1. The van der Waals surface area contributed by atoms with Gasteiger partial charge in [-0.1, -0.05) is 19.3 Å². The van der Waals surface area contributed by atoms with Gasteiger partial charge >= 0.3 is 0 Å². The van der Waals surface area contributed by atoms with Crippen molar-refractivity contribution in [2.75, 3.05) is 6.54 Å². The van der Waals surface area contributed by atoms with Gasteiger partial charge in [-0.05, 0) is 31.9 Å². The van der Waals surface area contributed by atoms with Gasteiger partial charge in [-0.25, -0.2) is 0 Å². The molecule has 2 N–H and O–H groups in total. The summed E-state index contributed by atoms with van der Waals surface area (Å²) in [6.07, 6.45) is 7.63. The van der Waals surface area contributed by atoms with Gasteiger partial charge in [0.2, 0.25) is 0 Å². The van der Waals surface area contributed by atoms with E-state index in [0.717, 1.165) is 32.5 Å². The molecule has 1 aliphatic rings. The first-order chi connectivity index (χ1) is 8.23. The van der Waals surface area contributed by atoms with E-state index in [0.29, 0.717) is 0 Å². The Morgan fingerprint density at radius 2 is 2.12 bits per heavy atom. The highest BCUT2D eigenvalue weighted by Crippen LogP contribution is 2.27. The second-order valence-corrected chi connectivity index (χ2v) is 5.17. The highest BCUT2D eigenvalue weighted by atomic mass is 16.3. The molecule has 0 aromatic carbocycles. The second kappa shape index (κ2) is 5.69. The number of aromatic nitrogens is 1. The summed E-state index contributed by atoms with van der Waals surface area (Å²) >= 11 is 0. The summed E-state index contributed by atoms with van der Waals surface area (Å²) in [5.74, 6) is 0. The number of aryl methyl sites for hydroxylation is 1. The van der Waals surface area contributed by atoms with Crippen molar-refractivity contribution in [3.63, 3.8) is 0 Å². The molecule has 0 spiro atoms. The molecule has 1 aliphatic carbocycles. The minimum Gasteiger partial charge on any atom is -0.389 e. The maximum atomic E-state index is 10.4. The van der Waals surface area contributed by atoms with Gasteiger partial charge in [-0.3, -0.25) is 0 Å². The molecule has 96 valence electrons. The standard InChI is InChI=1S/C14H24N2O/c1-2-16-10-6-7-13(16)11-15-12-14(17)8-4-3-5-9-14/h6-7,10,15,17H,2-5,8-9,11-12H2,1H3. The van der Waals surface area contributed by atoms with Gasteiger partial charge in [-0.2, -0.15) is 0 Å². The van der Waals surface area contributed by atoms with Crippen molar-refractivity contribution < 1.29 is 5.11 Å². The third kappa shape index (κ3) is 3.33. The van der Waals surface area contributed by atoms with Crippen LogP contribution in [0.5, 0.6) is 0 Å². The van der Waals surface area contributed by atoms with Gasteiger partial charge in [0.15, 0.2) is 0 Å². The Bertz CT molecular complexity index is 340. The molecule has 0 amide bonds. The van der Waals surface area contributed by atoms with E-state index in [4.69, 9.17) is 0 Å². The van der Waals surface area contributed by atoms with Crippen molar-refractivity contribution in [3.8, 4) is 0 Å². The second-order valence-electron chi connectivity index (χ2n) is 5.17. The molecule has 0 atom stereocenters. The molecule has 1 saturated carbocycles. The van der Waals surface area contributed by atoms with Crippen molar-refractivity contribution in [1.82, 2.24) is 9.88 Å². The van der Waals surface area contributed by atoms with Crippen molar-refractivity contribution >= 4 is 0 Å². The van der Waals surface area contributed by atoms with Crippen LogP contribution in [0.1, 0.15) is 44.7 Å². The molecule has 17 heavy (non-hydrogen) atoms. The minimum atomic E-state index is -0.456. The zero-order valence-electron chi connectivity index (χ0n) is 10.8. The van der Waals surface area contributed by atoms with Gasteiger partial charge in [0.25, 0.3) is 0 Å². The van der Waals surface area contributed by atoms with E-state index < -0.39 is 5.60 Å². The van der Waals surface area contributed by atoms with E-state index in [1.54, 1.807) is 0 Å². The van der Waals surface area contributed by atoms with Gasteiger partial charge in [0, 0.05) is 31.5 Å². The lowest BCUT2D eigenvalue weighted by Crippen LogP contribution is -2.42. The molecule has 0 aliphatic heterocycles. The number of hydrogen-bond donors (Lipinski definition) is 2. The number of hydrogen-bond acceptors (Lipinski definition) is 2. The van der Waals surface area contributed by atoms with Crippen molar-refractivity contribution in [1.29, 1.82) is 0 Å². The van der Waals surface area contributed by atoms with Crippen LogP contribution in [0.3, 0.4) is 0 Å². The van der Waals surface area contributed by atoms with Gasteiger partial charge < -0.3 is 15.0 Å². The highest BCUT2D eigenvalue weighted by molar-refractivity contribution is 5.06. The van der Waals surface area contributed by atoms with Crippen molar-refractivity contribution in [2.45, 2.75) is 57.7 Å². The van der Waals surface area contributed by atoms with Crippen LogP contribution in [0.15, 0.2) is 18.3 Å². The summed E-state index contributed by atoms with van der Waals surface area (Å²) in [6, 6.07) is 4.22. The molecule has 2 rings (SSSR count). The third-order valence-corrected chi connectivity index (χ3v) is 3.81. The number of rotatable bonds is 5. The van der Waals surface area contributed by atoms with Crippen LogP contribution in [0.2, 0.25) is 0 Å². The van der Waals surface area contributed by atoms with Crippen LogP contribution in [0.4, 0.5) is 0 Å². The summed E-state index contributed by atoms with van der Waals surface area (Å²) in [5, 5.41) is 13.8. The predicted octanol–water partition coefficient (Wildman–Crippen LogP) is 2.29. The van der Waals surface area contributed by atoms with E-state index in [1.165, 1.54) is 25.0 Å². The smallest absolute Gasteiger partial charge is 0.0771 e. The zero-order chi connectivity index (χ0) is 12.1. The topological polar surface area (TPSA) is 37.2 Å². The Hall–Kier alpha value is -0.800. The molecular weight excluding hydrogens is 212 g/mol. The van der Waals surface area contributed by atoms with E-state index in [-0.39, 0.29) is 0 Å². The largest absolute Gasteiger partial charge is 0.389 e. The fourth-order valence-electron chi connectivity index (χ4n) is 2.73. The maximum Gasteiger partial charge on any atom is 0.0771 e. The monoisotopic (exact) mass is 236 g/mol. The molecule has 1 fully saturated rings. The first kappa shape index (κ1) is 12.7. The van der Waals surface area contributed by atoms with Crippen LogP contribution in [-0.2, 0) is 13.1 Å². The SMILES string of the molecule is CCn1cccc1CNCC1(O)CCCCC1. The number of nitrogens with zero attached hydrogens (tertiary/aromatic N) is 1. The molecule has 0 saturated heterocycles. The Labute approximate surface area is 104 Å². The summed E-state index contributed by atoms with van der Waals surface area (Å²) in [4.78, 5) is 0. The Morgan fingerprint density at radius 3 is 2.82 bits per heavy atom. The number of aliphatic hydroxyl groups is 1. The molecule has 1 aromatic rings. The van der Waals surface area contributed by atoms with Crippen LogP contribution in [0.25, 0.3) is 0 Å². The quantitative estimate of drug-likeness (QED) is 0.823. The molecule has 3 heteroatoms. The predicted molar refractivity (Wildman–Crippen MR) is 69.8 cm³/mol.